The van der Waals surface area contributed by atoms with Crippen LogP contribution in [0.1, 0.15) is 16.8 Å². The number of halogens is 1. The monoisotopic (exact) mass is 382 g/mol. The Hall–Kier alpha value is -0.111. The van der Waals surface area contributed by atoms with Crippen LogP contribution in [-0.2, 0) is 6.51 Å². The van der Waals surface area contributed by atoms with E-state index in [-0.39, 0.29) is 0 Å². The number of rotatable bonds is 3. The van der Waals surface area contributed by atoms with Gasteiger partial charge in [0.2, 0.25) is 0 Å². The molecule has 10 fully saturated rings. The molecule has 10 aliphatic rings. The Balaban J connectivity index is 1.24. The van der Waals surface area contributed by atoms with Crippen LogP contribution in [0.15, 0.2) is 28.7 Å². The van der Waals surface area contributed by atoms with Gasteiger partial charge in [0.25, 0.3) is 0 Å². The Morgan fingerprint density at radius 2 is 1.57 bits per heavy atom. The molecule has 0 aromatic heterocycles. The third kappa shape index (κ3) is 0.117. The van der Waals surface area contributed by atoms with Crippen LogP contribution >= 0.6 is 15.9 Å². The predicted octanol–water partition coefficient (Wildman–Crippen LogP) is 5.78. The van der Waals surface area contributed by atoms with Crippen LogP contribution < -0.4 is 0 Å². The summed E-state index contributed by atoms with van der Waals surface area (Å²) < 4.78 is 1.76. The van der Waals surface area contributed by atoms with E-state index >= 15 is 0 Å². The molecule has 0 saturated carbocycles. The average Bonchev–Trinajstić information content (AvgIpc) is 3.42. The second-order valence-electron chi connectivity index (χ2n) is 11.9. The molecule has 108 valence electrons. The standard InChI is InChI=1S/C13H10BrO.C5H5.Fe/c14-12-8-4-3-7-11(12)13(15)9-10-5-1-2-6-10;1-2-4-5-3-1;/h1-8H,9H2;1-5H;. The topological polar surface area (TPSA) is 17.1 Å². The fraction of sp³-hybridized carbons (Fsp3) is 0.611. The molecule has 0 radical (unpaired) electrons. The van der Waals surface area contributed by atoms with Gasteiger partial charge < -0.3 is 0 Å². The number of Topliss-reactive ketones (excluding diaryl/α,β-unsaturated/α-hetero) is 1. The van der Waals surface area contributed by atoms with Gasteiger partial charge in [0, 0.05) is 0 Å². The molecule has 1 aromatic carbocycles. The summed E-state index contributed by atoms with van der Waals surface area (Å²) in [5.74, 6) is 0.482. The molecule has 0 amide bonds. The van der Waals surface area contributed by atoms with Crippen LogP contribution in [-0.4, -0.2) is 5.78 Å². The maximum absolute atomic E-state index is 13.1. The van der Waals surface area contributed by atoms with Gasteiger partial charge in [0.1, 0.15) is 0 Å². The van der Waals surface area contributed by atoms with Gasteiger partial charge in [-0.2, -0.15) is 0 Å². The van der Waals surface area contributed by atoms with Crippen molar-refractivity contribution in [3.8, 4) is 0 Å². The van der Waals surface area contributed by atoms with E-state index in [9.17, 15) is 4.79 Å². The van der Waals surface area contributed by atoms with Crippen LogP contribution in [0, 0.1) is 0 Å². The zero-order valence-electron chi connectivity index (χ0n) is 11.4. The molecule has 10 saturated heterocycles. The predicted molar refractivity (Wildman–Crippen MR) is 79.5 cm³/mol. The third-order valence-electron chi connectivity index (χ3n) is 16.6. The zero-order chi connectivity index (χ0) is 13.3. The molecule has 0 bridgehead atoms. The van der Waals surface area contributed by atoms with Crippen molar-refractivity contribution in [2.24, 2.45) is 0 Å². The number of carbonyl (C=O) groups is 1. The second-order valence-corrected chi connectivity index (χ2v) is 36.4. The van der Waals surface area contributed by atoms with Gasteiger partial charge in [-0.25, -0.2) is 0 Å². The summed E-state index contributed by atoms with van der Waals surface area (Å²) in [7, 11) is 0. The first kappa shape index (κ1) is 8.66. The van der Waals surface area contributed by atoms with Crippen molar-refractivity contribution in [1.82, 2.24) is 0 Å². The van der Waals surface area contributed by atoms with E-state index in [0.717, 1.165) is 20.8 Å². The maximum atomic E-state index is 13.1. The fourth-order valence-corrected chi connectivity index (χ4v) is 93.5. The van der Waals surface area contributed by atoms with Crippen molar-refractivity contribution in [2.75, 3.05) is 0 Å². The summed E-state index contributed by atoms with van der Waals surface area (Å²) in [5, 5.41) is 0. The average molecular weight is 383 g/mol. The van der Waals surface area contributed by atoms with E-state index in [1.54, 1.807) is 0 Å². The Kier molecular flexibility index (Phi) is 0.347. The van der Waals surface area contributed by atoms with E-state index < -0.39 is 6.51 Å². The first-order valence-electron chi connectivity index (χ1n) is 8.44. The van der Waals surface area contributed by atoms with Crippen LogP contribution in [0.4, 0.5) is 0 Å². The molecule has 11 rings (SSSR count). The van der Waals surface area contributed by atoms with Crippen LogP contribution in [0.3, 0.4) is 0 Å². The Morgan fingerprint density at radius 1 is 1.00 bits per heavy atom. The van der Waals surface area contributed by atoms with E-state index in [2.05, 4.69) is 15.9 Å². The first-order chi connectivity index (χ1) is 9.94. The minimum atomic E-state index is -3.04. The van der Waals surface area contributed by atoms with E-state index in [1.807, 2.05) is 24.3 Å². The van der Waals surface area contributed by atoms with Crippen molar-refractivity contribution in [3.05, 3.63) is 34.3 Å². The molecular weight excluding hydrogens is 368 g/mol. The van der Waals surface area contributed by atoms with E-state index in [0.29, 0.717) is 5.78 Å². The van der Waals surface area contributed by atoms with E-state index in [4.69, 9.17) is 0 Å². The molecule has 0 N–H and O–H groups in total. The van der Waals surface area contributed by atoms with Gasteiger partial charge >= 0.3 is 121 Å². The molecule has 10 heterocycles. The summed E-state index contributed by atoms with van der Waals surface area (Å²) >= 11 is 3.60. The van der Waals surface area contributed by atoms with Crippen molar-refractivity contribution in [2.45, 2.75) is 54.1 Å². The van der Waals surface area contributed by atoms with Crippen molar-refractivity contribution >= 4 is 21.7 Å². The minimum absolute atomic E-state index is 0.482. The molecule has 4 atom stereocenters. The Labute approximate surface area is 121 Å². The number of carbonyl (C=O) groups excluding carboxylic acids is 1. The summed E-state index contributed by atoms with van der Waals surface area (Å²) in [4.78, 5) is 24.9. The first-order valence-corrected chi connectivity index (χ1v) is 15.5. The van der Waals surface area contributed by atoms with Gasteiger partial charge in [0.05, 0.1) is 0 Å². The van der Waals surface area contributed by atoms with Gasteiger partial charge in [0.15, 0.2) is 0 Å². The molecule has 0 aliphatic carbocycles. The number of ketones is 1. The Bertz CT molecular complexity index is 1200. The quantitative estimate of drug-likeness (QED) is 0.478. The van der Waals surface area contributed by atoms with Gasteiger partial charge in [-0.15, -0.1) is 0 Å². The molecule has 4 unspecified atom stereocenters. The summed E-state index contributed by atoms with van der Waals surface area (Å²) in [6, 6.07) is 8.12. The molecular formula is C18H15BrFeO. The Morgan fingerprint density at radius 3 is 2.00 bits per heavy atom. The normalized spacial score (nSPS) is 98.4. The molecule has 3 heteroatoms. The molecule has 1 aromatic rings. The van der Waals surface area contributed by atoms with Crippen molar-refractivity contribution < 1.29 is 11.3 Å². The molecule has 10 aliphatic heterocycles. The molecule has 21 heavy (non-hydrogen) atoms. The summed E-state index contributed by atoms with van der Waals surface area (Å²) in [5.41, 5.74) is 0.966. The summed E-state index contributed by atoms with van der Waals surface area (Å²) in [6.45, 7) is -3.04. The van der Waals surface area contributed by atoms with Gasteiger partial charge in [-0.05, 0) is 0 Å². The van der Waals surface area contributed by atoms with Crippen LogP contribution in [0.25, 0.3) is 0 Å². The zero-order valence-corrected chi connectivity index (χ0v) is 14.0. The molecule has 1 nitrogen and oxygen atoms in total. The number of fused-ring (bicyclic) bond motifs is 10. The summed E-state index contributed by atoms with van der Waals surface area (Å²) in [6.07, 6.45) is 0.989. The number of benzene rings is 1. The van der Waals surface area contributed by atoms with Gasteiger partial charge in [-0.1, -0.05) is 0 Å². The fourth-order valence-electron chi connectivity index (χ4n) is 18.2. The van der Waals surface area contributed by atoms with Gasteiger partial charge in [-0.3, -0.25) is 0 Å². The van der Waals surface area contributed by atoms with Crippen LogP contribution in [0.2, 0.25) is 47.7 Å². The SMILES string of the molecule is O=C(C[C]12[CH]3[CH]4[CH]5[CH]1[Fe]45321678[CH]2[CH]1[CH]6[CH]7[CH]28)c1ccccc1Br. The van der Waals surface area contributed by atoms with Crippen molar-refractivity contribution in [1.29, 1.82) is 0 Å². The van der Waals surface area contributed by atoms with Crippen LogP contribution in [0.5, 0.6) is 0 Å². The second kappa shape index (κ2) is 0.840. The third-order valence-corrected chi connectivity index (χ3v) is 60.2. The number of hydrogen-bond donors (Lipinski definition) is 0. The number of hydrogen-bond acceptors (Lipinski definition) is 1. The van der Waals surface area contributed by atoms with E-state index in [1.165, 1.54) is 43.3 Å². The van der Waals surface area contributed by atoms with Crippen molar-refractivity contribution in [3.63, 3.8) is 0 Å². The molecule has 1 spiro atoms.